The monoisotopic (exact) mass is 241 g/mol. The third kappa shape index (κ3) is 4.30. The molecule has 2 atom stereocenters. The molecule has 0 radical (unpaired) electrons. The largest absolute Gasteiger partial charge is 0.481 e. The smallest absolute Gasteiger partial charge is 0.309 e. The molecule has 0 aliphatic heterocycles. The Morgan fingerprint density at radius 1 is 1.41 bits per heavy atom. The normalized spacial score (nSPS) is 26.2. The molecule has 0 aromatic rings. The second kappa shape index (κ2) is 5.85. The number of hydrogen-bond donors (Lipinski definition) is 1. The van der Waals surface area contributed by atoms with E-state index in [0.29, 0.717) is 6.04 Å². The third-order valence-electron chi connectivity index (χ3n) is 4.20. The SMILES string of the molecule is CC1CCCC(N(C)CCC(C)(C)C(=O)O)C1. The topological polar surface area (TPSA) is 40.5 Å². The molecular weight excluding hydrogens is 214 g/mol. The Kier molecular flexibility index (Phi) is 4.99. The van der Waals surface area contributed by atoms with Crippen molar-refractivity contribution < 1.29 is 9.90 Å². The molecule has 1 rings (SSSR count). The second-order valence-electron chi connectivity index (χ2n) is 6.35. The van der Waals surface area contributed by atoms with Crippen LogP contribution in [0.15, 0.2) is 0 Å². The summed E-state index contributed by atoms with van der Waals surface area (Å²) in [7, 11) is 2.14. The molecule has 100 valence electrons. The van der Waals surface area contributed by atoms with Crippen LogP contribution in [0.4, 0.5) is 0 Å². The molecule has 0 aromatic heterocycles. The average Bonchev–Trinajstić information content (AvgIpc) is 2.25. The van der Waals surface area contributed by atoms with Gasteiger partial charge in [-0.2, -0.15) is 0 Å². The van der Waals surface area contributed by atoms with Crippen LogP contribution >= 0.6 is 0 Å². The van der Waals surface area contributed by atoms with Crippen molar-refractivity contribution in [1.29, 1.82) is 0 Å². The molecule has 1 aliphatic carbocycles. The number of aliphatic carboxylic acids is 1. The van der Waals surface area contributed by atoms with Gasteiger partial charge in [-0.3, -0.25) is 4.79 Å². The van der Waals surface area contributed by atoms with Crippen LogP contribution < -0.4 is 0 Å². The molecule has 0 heterocycles. The molecule has 1 aliphatic rings. The van der Waals surface area contributed by atoms with Crippen molar-refractivity contribution in [3.05, 3.63) is 0 Å². The minimum atomic E-state index is -0.692. The Labute approximate surface area is 105 Å². The van der Waals surface area contributed by atoms with Crippen molar-refractivity contribution in [2.45, 2.75) is 58.9 Å². The van der Waals surface area contributed by atoms with Gasteiger partial charge in [-0.25, -0.2) is 0 Å². The molecule has 0 spiro atoms. The van der Waals surface area contributed by atoms with Crippen LogP contribution in [0.5, 0.6) is 0 Å². The molecule has 17 heavy (non-hydrogen) atoms. The van der Waals surface area contributed by atoms with Crippen molar-refractivity contribution in [3.63, 3.8) is 0 Å². The molecule has 0 saturated heterocycles. The summed E-state index contributed by atoms with van der Waals surface area (Å²) < 4.78 is 0. The Morgan fingerprint density at radius 3 is 2.59 bits per heavy atom. The number of nitrogens with zero attached hydrogens (tertiary/aromatic N) is 1. The Bertz CT molecular complexity index is 263. The van der Waals surface area contributed by atoms with Gasteiger partial charge in [0.2, 0.25) is 0 Å². The summed E-state index contributed by atoms with van der Waals surface area (Å²) in [5, 5.41) is 9.09. The van der Waals surface area contributed by atoms with Gasteiger partial charge in [-0.1, -0.05) is 19.8 Å². The van der Waals surface area contributed by atoms with Gasteiger partial charge in [0.05, 0.1) is 5.41 Å². The van der Waals surface area contributed by atoms with Crippen LogP contribution in [0.2, 0.25) is 0 Å². The molecular formula is C14H27NO2. The summed E-state index contributed by atoms with van der Waals surface area (Å²) >= 11 is 0. The quantitative estimate of drug-likeness (QED) is 0.804. The maximum absolute atomic E-state index is 11.0. The highest BCUT2D eigenvalue weighted by atomic mass is 16.4. The van der Waals surface area contributed by atoms with Crippen LogP contribution in [0.3, 0.4) is 0 Å². The molecule has 1 saturated carbocycles. The summed E-state index contributed by atoms with van der Waals surface area (Å²) in [6, 6.07) is 0.656. The number of carboxylic acid groups (broad SMARTS) is 1. The molecule has 1 fully saturated rings. The predicted octanol–water partition coefficient (Wildman–Crippen LogP) is 3.00. The van der Waals surface area contributed by atoms with E-state index in [1.54, 1.807) is 0 Å². The van der Waals surface area contributed by atoms with E-state index in [9.17, 15) is 4.79 Å². The lowest BCUT2D eigenvalue weighted by molar-refractivity contribution is -0.147. The van der Waals surface area contributed by atoms with Gasteiger partial charge in [0.25, 0.3) is 0 Å². The maximum atomic E-state index is 11.0. The standard InChI is InChI=1S/C14H27NO2/c1-11-6-5-7-12(10-11)15(4)9-8-14(2,3)13(16)17/h11-12H,5-10H2,1-4H3,(H,16,17). The van der Waals surface area contributed by atoms with E-state index in [1.807, 2.05) is 13.8 Å². The highest BCUT2D eigenvalue weighted by Gasteiger charge is 2.29. The van der Waals surface area contributed by atoms with E-state index in [-0.39, 0.29) is 0 Å². The maximum Gasteiger partial charge on any atom is 0.309 e. The van der Waals surface area contributed by atoms with Crippen molar-refractivity contribution in [2.24, 2.45) is 11.3 Å². The molecule has 2 unspecified atom stereocenters. The van der Waals surface area contributed by atoms with E-state index in [0.717, 1.165) is 18.9 Å². The van der Waals surface area contributed by atoms with Gasteiger partial charge in [-0.15, -0.1) is 0 Å². The molecule has 3 heteroatoms. The third-order valence-corrected chi connectivity index (χ3v) is 4.20. The van der Waals surface area contributed by atoms with Gasteiger partial charge in [-0.05, 0) is 52.6 Å². The fourth-order valence-electron chi connectivity index (χ4n) is 2.55. The van der Waals surface area contributed by atoms with Gasteiger partial charge in [0.15, 0.2) is 0 Å². The first-order valence-electron chi connectivity index (χ1n) is 6.76. The number of carboxylic acids is 1. The van der Waals surface area contributed by atoms with Crippen LogP contribution in [0, 0.1) is 11.3 Å². The van der Waals surface area contributed by atoms with Crippen LogP contribution in [-0.2, 0) is 4.79 Å². The zero-order chi connectivity index (χ0) is 13.1. The highest BCUT2D eigenvalue weighted by molar-refractivity contribution is 5.73. The number of carbonyl (C=O) groups is 1. The van der Waals surface area contributed by atoms with Crippen molar-refractivity contribution in [3.8, 4) is 0 Å². The van der Waals surface area contributed by atoms with Crippen molar-refractivity contribution in [2.75, 3.05) is 13.6 Å². The predicted molar refractivity (Wildman–Crippen MR) is 70.1 cm³/mol. The van der Waals surface area contributed by atoms with Gasteiger partial charge in [0.1, 0.15) is 0 Å². The summed E-state index contributed by atoms with van der Waals surface area (Å²) in [6.45, 7) is 6.83. The van der Waals surface area contributed by atoms with E-state index in [1.165, 1.54) is 25.7 Å². The summed E-state index contributed by atoms with van der Waals surface area (Å²) in [6.07, 6.45) is 5.94. The first-order valence-corrected chi connectivity index (χ1v) is 6.76. The lowest BCUT2D eigenvalue weighted by atomic mass is 9.85. The van der Waals surface area contributed by atoms with Gasteiger partial charge >= 0.3 is 5.97 Å². The van der Waals surface area contributed by atoms with E-state index >= 15 is 0 Å². The van der Waals surface area contributed by atoms with Crippen molar-refractivity contribution in [1.82, 2.24) is 4.90 Å². The molecule has 1 N–H and O–H groups in total. The van der Waals surface area contributed by atoms with Crippen molar-refractivity contribution >= 4 is 5.97 Å². The fourth-order valence-corrected chi connectivity index (χ4v) is 2.55. The van der Waals surface area contributed by atoms with Crippen LogP contribution in [0.25, 0.3) is 0 Å². The molecule has 0 amide bonds. The summed E-state index contributed by atoms with van der Waals surface area (Å²) in [5.41, 5.74) is -0.603. The van der Waals surface area contributed by atoms with E-state index in [4.69, 9.17) is 5.11 Å². The highest BCUT2D eigenvalue weighted by Crippen LogP contribution is 2.28. The van der Waals surface area contributed by atoms with Gasteiger partial charge < -0.3 is 10.0 Å². The van der Waals surface area contributed by atoms with Crippen LogP contribution in [-0.4, -0.2) is 35.6 Å². The van der Waals surface area contributed by atoms with E-state index in [2.05, 4.69) is 18.9 Å². The summed E-state index contributed by atoms with van der Waals surface area (Å²) in [5.74, 6) is 0.131. The Hall–Kier alpha value is -0.570. The molecule has 0 aromatic carbocycles. The molecule has 3 nitrogen and oxygen atoms in total. The Balaban J connectivity index is 2.38. The molecule has 0 bridgehead atoms. The fraction of sp³-hybridized carbons (Fsp3) is 0.929. The minimum absolute atomic E-state index is 0.603. The van der Waals surface area contributed by atoms with Crippen LogP contribution in [0.1, 0.15) is 52.9 Å². The second-order valence-corrected chi connectivity index (χ2v) is 6.35. The van der Waals surface area contributed by atoms with Gasteiger partial charge in [0, 0.05) is 6.04 Å². The number of hydrogen-bond acceptors (Lipinski definition) is 2. The average molecular weight is 241 g/mol. The Morgan fingerprint density at radius 2 is 2.06 bits per heavy atom. The van der Waals surface area contributed by atoms with E-state index < -0.39 is 11.4 Å². The lowest BCUT2D eigenvalue weighted by Gasteiger charge is -2.35. The first kappa shape index (κ1) is 14.5. The first-order chi connectivity index (χ1) is 7.83. The zero-order valence-corrected chi connectivity index (χ0v) is 11.7. The summed E-state index contributed by atoms with van der Waals surface area (Å²) in [4.78, 5) is 13.4. The number of rotatable bonds is 5. The lowest BCUT2D eigenvalue weighted by Crippen LogP contribution is -2.38. The minimum Gasteiger partial charge on any atom is -0.481 e. The zero-order valence-electron chi connectivity index (χ0n) is 11.7.